The number of carbonyl (C=O) groups excluding carboxylic acids is 2. The molecule has 0 aromatic heterocycles. The van der Waals surface area contributed by atoms with Crippen LogP contribution in [0.4, 0.5) is 11.4 Å². The summed E-state index contributed by atoms with van der Waals surface area (Å²) in [7, 11) is 0. The molecule has 4 rings (SSSR count). The van der Waals surface area contributed by atoms with E-state index in [4.69, 9.17) is 30.4 Å². The maximum Gasteiger partial charge on any atom is 0.343 e. The monoisotopic (exact) mass is 568 g/mol. The van der Waals surface area contributed by atoms with E-state index >= 15 is 0 Å². The van der Waals surface area contributed by atoms with Crippen LogP contribution in [0.5, 0.6) is 23.0 Å². The van der Waals surface area contributed by atoms with Crippen LogP contribution in [0.1, 0.15) is 59.2 Å². The van der Waals surface area contributed by atoms with Crippen molar-refractivity contribution in [3.05, 3.63) is 108 Å². The third-order valence-corrected chi connectivity index (χ3v) is 6.44. The number of anilines is 2. The van der Waals surface area contributed by atoms with Crippen molar-refractivity contribution in [1.82, 2.24) is 0 Å². The SMILES string of the molecule is Nc1ccc(C(=O)Oc2ccc(OCCCCCCCCOc3ccc(OC(=O)c4ccc(N)cc4)cc3)cc2)cc1. The van der Waals surface area contributed by atoms with Gasteiger partial charge in [-0.05, 0) is 110 Å². The molecule has 0 heterocycles. The fourth-order valence-electron chi connectivity index (χ4n) is 4.07. The lowest BCUT2D eigenvalue weighted by molar-refractivity contribution is 0.0725. The second kappa shape index (κ2) is 15.7. The molecule has 0 aliphatic carbocycles. The van der Waals surface area contributed by atoms with Gasteiger partial charge < -0.3 is 30.4 Å². The molecule has 42 heavy (non-hydrogen) atoms. The predicted molar refractivity (Wildman–Crippen MR) is 163 cm³/mol. The molecule has 0 unspecified atom stereocenters. The Morgan fingerprint density at radius 1 is 0.429 bits per heavy atom. The summed E-state index contributed by atoms with van der Waals surface area (Å²) in [5.74, 6) is 1.54. The van der Waals surface area contributed by atoms with Crippen LogP contribution >= 0.6 is 0 Å². The van der Waals surface area contributed by atoms with Crippen LogP contribution in [0, 0.1) is 0 Å². The van der Waals surface area contributed by atoms with Crippen LogP contribution in [0.15, 0.2) is 97.1 Å². The summed E-state index contributed by atoms with van der Waals surface area (Å²) < 4.78 is 22.4. The maximum atomic E-state index is 12.2. The van der Waals surface area contributed by atoms with Gasteiger partial charge in [-0.2, -0.15) is 0 Å². The van der Waals surface area contributed by atoms with Gasteiger partial charge >= 0.3 is 11.9 Å². The summed E-state index contributed by atoms with van der Waals surface area (Å²) in [6.45, 7) is 1.28. The average molecular weight is 569 g/mol. The first-order valence-corrected chi connectivity index (χ1v) is 14.1. The lowest BCUT2D eigenvalue weighted by atomic mass is 10.1. The van der Waals surface area contributed by atoms with E-state index in [1.807, 2.05) is 0 Å². The molecule has 0 aliphatic rings. The summed E-state index contributed by atoms with van der Waals surface area (Å²) in [5.41, 5.74) is 13.4. The average Bonchev–Trinajstić information content (AvgIpc) is 3.00. The van der Waals surface area contributed by atoms with Crippen LogP contribution < -0.4 is 30.4 Å². The minimum atomic E-state index is -0.431. The lowest BCUT2D eigenvalue weighted by Crippen LogP contribution is -2.08. The largest absolute Gasteiger partial charge is 0.494 e. The van der Waals surface area contributed by atoms with E-state index in [9.17, 15) is 9.59 Å². The molecule has 4 aromatic carbocycles. The van der Waals surface area contributed by atoms with Crippen molar-refractivity contribution in [2.75, 3.05) is 24.7 Å². The molecule has 0 spiro atoms. The Hall–Kier alpha value is -4.98. The number of nitrogen functional groups attached to an aromatic ring is 2. The number of rotatable bonds is 15. The van der Waals surface area contributed by atoms with E-state index in [-0.39, 0.29) is 0 Å². The number of esters is 2. The highest BCUT2D eigenvalue weighted by Gasteiger charge is 2.09. The molecule has 0 fully saturated rings. The number of benzene rings is 4. The highest BCUT2D eigenvalue weighted by Crippen LogP contribution is 2.21. The Morgan fingerprint density at radius 3 is 1.10 bits per heavy atom. The Balaban J connectivity index is 1.01. The second-order valence-corrected chi connectivity index (χ2v) is 9.78. The van der Waals surface area contributed by atoms with Crippen molar-refractivity contribution in [2.45, 2.75) is 38.5 Å². The number of unbranched alkanes of at least 4 members (excludes halogenated alkanes) is 5. The van der Waals surface area contributed by atoms with Crippen molar-refractivity contribution in [2.24, 2.45) is 0 Å². The quantitative estimate of drug-likeness (QED) is 0.0674. The number of hydrogen-bond acceptors (Lipinski definition) is 8. The second-order valence-electron chi connectivity index (χ2n) is 9.78. The summed E-state index contributed by atoms with van der Waals surface area (Å²) in [5, 5.41) is 0. The van der Waals surface area contributed by atoms with Crippen LogP contribution in [0.3, 0.4) is 0 Å². The number of hydrogen-bond donors (Lipinski definition) is 2. The van der Waals surface area contributed by atoms with Crippen LogP contribution in [-0.4, -0.2) is 25.2 Å². The Labute approximate surface area is 246 Å². The van der Waals surface area contributed by atoms with Crippen molar-refractivity contribution in [3.8, 4) is 23.0 Å². The molecule has 4 aromatic rings. The van der Waals surface area contributed by atoms with E-state index in [0.717, 1.165) is 50.0 Å². The molecule has 0 saturated heterocycles. The number of ether oxygens (including phenoxy) is 4. The van der Waals surface area contributed by atoms with Gasteiger partial charge in [0.15, 0.2) is 0 Å². The van der Waals surface area contributed by atoms with Gasteiger partial charge in [0.25, 0.3) is 0 Å². The lowest BCUT2D eigenvalue weighted by Gasteiger charge is -2.09. The summed E-state index contributed by atoms with van der Waals surface area (Å²) in [6, 6.07) is 27.3. The van der Waals surface area contributed by atoms with Crippen LogP contribution in [0.2, 0.25) is 0 Å². The minimum absolute atomic E-state index is 0.431. The summed E-state index contributed by atoms with van der Waals surface area (Å²) in [4.78, 5) is 24.4. The zero-order valence-corrected chi connectivity index (χ0v) is 23.5. The van der Waals surface area contributed by atoms with Gasteiger partial charge in [-0.15, -0.1) is 0 Å². The van der Waals surface area contributed by atoms with Crippen LogP contribution in [-0.2, 0) is 0 Å². The van der Waals surface area contributed by atoms with Crippen LogP contribution in [0.25, 0.3) is 0 Å². The number of carbonyl (C=O) groups is 2. The van der Waals surface area contributed by atoms with Gasteiger partial charge in [-0.1, -0.05) is 25.7 Å². The zero-order valence-electron chi connectivity index (χ0n) is 23.5. The fourth-order valence-corrected chi connectivity index (χ4v) is 4.07. The van der Waals surface area contributed by atoms with Gasteiger partial charge in [-0.25, -0.2) is 9.59 Å². The topological polar surface area (TPSA) is 123 Å². The fraction of sp³-hybridized carbons (Fsp3) is 0.235. The molecule has 8 nitrogen and oxygen atoms in total. The Morgan fingerprint density at radius 2 is 0.738 bits per heavy atom. The maximum absolute atomic E-state index is 12.2. The first-order valence-electron chi connectivity index (χ1n) is 14.1. The molecule has 4 N–H and O–H groups in total. The molecule has 0 bridgehead atoms. The molecule has 218 valence electrons. The predicted octanol–water partition coefficient (Wildman–Crippen LogP) is 7.09. The first-order chi connectivity index (χ1) is 20.5. The number of nitrogens with two attached hydrogens (primary N) is 2. The molecule has 8 heteroatoms. The van der Waals surface area contributed by atoms with Crippen molar-refractivity contribution < 1.29 is 28.5 Å². The molecule has 0 saturated carbocycles. The molecule has 0 atom stereocenters. The van der Waals surface area contributed by atoms with E-state index < -0.39 is 11.9 Å². The molecular weight excluding hydrogens is 532 g/mol. The summed E-state index contributed by atoms with van der Waals surface area (Å²) in [6.07, 6.45) is 6.40. The third kappa shape index (κ3) is 9.89. The Bertz CT molecular complexity index is 1290. The molecule has 0 amide bonds. The first kappa shape index (κ1) is 30.0. The normalized spacial score (nSPS) is 10.6. The standard InChI is InChI=1S/C34H36N2O6/c35-27-11-7-25(8-12-27)33(37)41-31-19-15-29(16-20-31)39-23-5-3-1-2-4-6-24-40-30-17-21-32(22-18-30)42-34(38)26-9-13-28(36)14-10-26/h7-22H,1-6,23-24,35-36H2. The van der Waals surface area contributed by atoms with E-state index in [1.54, 1.807) is 97.1 Å². The summed E-state index contributed by atoms with van der Waals surface area (Å²) >= 11 is 0. The van der Waals surface area contributed by atoms with Crippen molar-refractivity contribution in [1.29, 1.82) is 0 Å². The van der Waals surface area contributed by atoms with E-state index in [0.29, 0.717) is 47.2 Å². The van der Waals surface area contributed by atoms with Gasteiger partial charge in [0.1, 0.15) is 23.0 Å². The van der Waals surface area contributed by atoms with Gasteiger partial charge in [0, 0.05) is 11.4 Å². The molecule has 0 aliphatic heterocycles. The smallest absolute Gasteiger partial charge is 0.343 e. The van der Waals surface area contributed by atoms with Crippen molar-refractivity contribution in [3.63, 3.8) is 0 Å². The highest BCUT2D eigenvalue weighted by atomic mass is 16.5. The third-order valence-electron chi connectivity index (χ3n) is 6.44. The highest BCUT2D eigenvalue weighted by molar-refractivity contribution is 5.92. The van der Waals surface area contributed by atoms with Gasteiger partial charge in [0.2, 0.25) is 0 Å². The van der Waals surface area contributed by atoms with Crippen molar-refractivity contribution >= 4 is 23.3 Å². The van der Waals surface area contributed by atoms with Gasteiger partial charge in [0.05, 0.1) is 24.3 Å². The van der Waals surface area contributed by atoms with E-state index in [1.165, 1.54) is 0 Å². The van der Waals surface area contributed by atoms with E-state index in [2.05, 4.69) is 0 Å². The zero-order chi connectivity index (χ0) is 29.6. The van der Waals surface area contributed by atoms with Gasteiger partial charge in [-0.3, -0.25) is 0 Å². The molecular formula is C34H36N2O6. The Kier molecular flexibility index (Phi) is 11.2. The molecule has 0 radical (unpaired) electrons. The minimum Gasteiger partial charge on any atom is -0.494 e.